The van der Waals surface area contributed by atoms with Gasteiger partial charge in [-0.15, -0.1) is 24.0 Å². The van der Waals surface area contributed by atoms with E-state index in [-0.39, 0.29) is 24.0 Å². The second-order valence-corrected chi connectivity index (χ2v) is 7.66. The summed E-state index contributed by atoms with van der Waals surface area (Å²) in [6.07, 6.45) is 2.02. The fraction of sp³-hybridized carbons (Fsp3) is 0.458. The van der Waals surface area contributed by atoms with Gasteiger partial charge in [-0.05, 0) is 61.7 Å². The number of halogens is 1. The van der Waals surface area contributed by atoms with Gasteiger partial charge >= 0.3 is 0 Å². The molecule has 6 nitrogen and oxygen atoms in total. The molecule has 3 rings (SSSR count). The van der Waals surface area contributed by atoms with Gasteiger partial charge in [0.2, 0.25) is 0 Å². The molecule has 1 aliphatic rings. The van der Waals surface area contributed by atoms with Gasteiger partial charge in [0.15, 0.2) is 5.96 Å². The maximum Gasteiger partial charge on any atom is 0.191 e. The number of hydrogen-bond donors (Lipinski definition) is 3. The summed E-state index contributed by atoms with van der Waals surface area (Å²) in [5.41, 5.74) is 3.37. The fourth-order valence-corrected chi connectivity index (χ4v) is 3.60. The zero-order valence-electron chi connectivity index (χ0n) is 18.5. The molecule has 2 aromatic carbocycles. The highest BCUT2D eigenvalue weighted by molar-refractivity contribution is 14.0. The van der Waals surface area contributed by atoms with E-state index in [0.29, 0.717) is 19.0 Å². The van der Waals surface area contributed by atoms with Crippen LogP contribution in [0.25, 0.3) is 0 Å². The Morgan fingerprint density at radius 3 is 2.29 bits per heavy atom. The lowest BCUT2D eigenvalue weighted by Crippen LogP contribution is -2.39. The van der Waals surface area contributed by atoms with Gasteiger partial charge in [-0.1, -0.05) is 36.4 Å². The molecule has 1 aliphatic heterocycles. The number of rotatable bonds is 9. The van der Waals surface area contributed by atoms with Crippen LogP contribution in [0.1, 0.15) is 42.6 Å². The molecular weight excluding hydrogens is 503 g/mol. The predicted molar refractivity (Wildman–Crippen MR) is 137 cm³/mol. The van der Waals surface area contributed by atoms with Crippen molar-refractivity contribution in [1.82, 2.24) is 15.5 Å². The molecule has 0 radical (unpaired) electrons. The molecule has 0 bridgehead atoms. The summed E-state index contributed by atoms with van der Waals surface area (Å²) in [7, 11) is 1.63. The zero-order chi connectivity index (χ0) is 21.2. The Morgan fingerprint density at radius 1 is 1.03 bits per heavy atom. The molecular formula is C24H35IN4O2. The fourth-order valence-electron chi connectivity index (χ4n) is 3.60. The molecule has 0 aliphatic carbocycles. The van der Waals surface area contributed by atoms with Gasteiger partial charge in [0.1, 0.15) is 5.75 Å². The van der Waals surface area contributed by atoms with E-state index >= 15 is 0 Å². The Kier molecular flexibility index (Phi) is 11.1. The van der Waals surface area contributed by atoms with Crippen molar-refractivity contribution in [1.29, 1.82) is 0 Å². The third-order valence-corrected chi connectivity index (χ3v) is 5.36. The van der Waals surface area contributed by atoms with Crippen LogP contribution in [0.4, 0.5) is 0 Å². The molecule has 0 saturated carbocycles. The van der Waals surface area contributed by atoms with Crippen molar-refractivity contribution >= 4 is 29.9 Å². The first-order chi connectivity index (χ1) is 14.7. The lowest BCUT2D eigenvalue weighted by Gasteiger charge is -2.16. The van der Waals surface area contributed by atoms with Crippen molar-refractivity contribution in [2.24, 2.45) is 4.99 Å². The van der Waals surface area contributed by atoms with Crippen molar-refractivity contribution in [3.8, 4) is 5.75 Å². The SMILES string of the molecule is CCNC(=NCc1ccc(CN2CCCC2)cc1)NCC(O)c1ccc(OC)cc1.I. The predicted octanol–water partition coefficient (Wildman–Crippen LogP) is 3.70. The van der Waals surface area contributed by atoms with Crippen molar-refractivity contribution in [3.05, 3.63) is 65.2 Å². The van der Waals surface area contributed by atoms with E-state index < -0.39 is 6.10 Å². The third kappa shape index (κ3) is 8.31. The number of nitrogens with zero attached hydrogens (tertiary/aromatic N) is 2. The first-order valence-electron chi connectivity index (χ1n) is 10.8. The van der Waals surface area contributed by atoms with Crippen LogP contribution in [0, 0.1) is 0 Å². The number of aliphatic hydroxyl groups is 1. The lowest BCUT2D eigenvalue weighted by molar-refractivity contribution is 0.180. The summed E-state index contributed by atoms with van der Waals surface area (Å²) in [6.45, 7) is 7.24. The van der Waals surface area contributed by atoms with Crippen LogP contribution in [-0.4, -0.2) is 49.3 Å². The number of likely N-dealkylation sites (tertiary alicyclic amines) is 1. The van der Waals surface area contributed by atoms with E-state index in [2.05, 4.69) is 44.8 Å². The summed E-state index contributed by atoms with van der Waals surface area (Å²) in [5, 5.41) is 16.9. The van der Waals surface area contributed by atoms with Crippen LogP contribution in [-0.2, 0) is 13.1 Å². The molecule has 2 aromatic rings. The molecule has 1 saturated heterocycles. The molecule has 1 fully saturated rings. The minimum atomic E-state index is -0.621. The average molecular weight is 538 g/mol. The number of aliphatic hydroxyl groups excluding tert-OH is 1. The minimum absolute atomic E-state index is 0. The Balaban J connectivity index is 0.00000341. The number of hydrogen-bond acceptors (Lipinski definition) is 4. The Hall–Kier alpha value is -1.84. The van der Waals surface area contributed by atoms with Gasteiger partial charge in [0, 0.05) is 19.6 Å². The zero-order valence-corrected chi connectivity index (χ0v) is 20.8. The second kappa shape index (κ2) is 13.5. The number of guanidine groups is 1. The van der Waals surface area contributed by atoms with Gasteiger partial charge in [0.05, 0.1) is 19.8 Å². The van der Waals surface area contributed by atoms with Crippen molar-refractivity contribution in [2.75, 3.05) is 33.3 Å². The smallest absolute Gasteiger partial charge is 0.191 e. The summed E-state index contributed by atoms with van der Waals surface area (Å²) in [4.78, 5) is 7.17. The van der Waals surface area contributed by atoms with Crippen molar-refractivity contribution in [3.63, 3.8) is 0 Å². The molecule has 0 spiro atoms. The van der Waals surface area contributed by atoms with Crippen LogP contribution in [0.5, 0.6) is 5.75 Å². The lowest BCUT2D eigenvalue weighted by atomic mass is 10.1. The van der Waals surface area contributed by atoms with Gasteiger partial charge in [-0.25, -0.2) is 4.99 Å². The standard InChI is InChI=1S/C24H34N4O2.HI/c1-3-25-24(27-17-23(29)21-10-12-22(30-2)13-11-21)26-16-19-6-8-20(9-7-19)18-28-14-4-5-15-28;/h6-13,23,29H,3-5,14-18H2,1-2H3,(H2,25,26,27);1H. The van der Waals surface area contributed by atoms with Gasteiger partial charge in [-0.3, -0.25) is 4.90 Å². The maximum atomic E-state index is 10.4. The highest BCUT2D eigenvalue weighted by atomic mass is 127. The van der Waals surface area contributed by atoms with Crippen LogP contribution >= 0.6 is 24.0 Å². The molecule has 170 valence electrons. The van der Waals surface area contributed by atoms with E-state index in [1.165, 1.54) is 37.1 Å². The first kappa shape index (κ1) is 25.4. The minimum Gasteiger partial charge on any atom is -0.497 e. The highest BCUT2D eigenvalue weighted by Crippen LogP contribution is 2.17. The van der Waals surface area contributed by atoms with Gasteiger partial charge in [-0.2, -0.15) is 0 Å². The van der Waals surface area contributed by atoms with E-state index in [0.717, 1.165) is 24.4 Å². The number of ether oxygens (including phenoxy) is 1. The van der Waals surface area contributed by atoms with Crippen molar-refractivity contribution < 1.29 is 9.84 Å². The van der Waals surface area contributed by atoms with E-state index in [9.17, 15) is 5.11 Å². The Bertz CT molecular complexity index is 790. The largest absolute Gasteiger partial charge is 0.497 e. The number of nitrogens with one attached hydrogen (secondary N) is 2. The van der Waals surface area contributed by atoms with Crippen molar-refractivity contribution in [2.45, 2.75) is 39.0 Å². The second-order valence-electron chi connectivity index (χ2n) is 7.66. The van der Waals surface area contributed by atoms with Gasteiger partial charge in [0.25, 0.3) is 0 Å². The molecule has 1 unspecified atom stereocenters. The molecule has 0 aromatic heterocycles. The van der Waals surface area contributed by atoms with E-state index in [1.807, 2.05) is 31.2 Å². The number of methoxy groups -OCH3 is 1. The molecule has 1 atom stereocenters. The number of aliphatic imine (C=N–C) groups is 1. The van der Waals surface area contributed by atoms with Crippen LogP contribution < -0.4 is 15.4 Å². The molecule has 7 heteroatoms. The van der Waals surface area contributed by atoms with E-state index in [1.54, 1.807) is 7.11 Å². The third-order valence-electron chi connectivity index (χ3n) is 5.36. The monoisotopic (exact) mass is 538 g/mol. The van der Waals surface area contributed by atoms with E-state index in [4.69, 9.17) is 4.74 Å². The Morgan fingerprint density at radius 2 is 1.68 bits per heavy atom. The normalized spacial score (nSPS) is 15.3. The molecule has 0 amide bonds. The Labute approximate surface area is 203 Å². The van der Waals surface area contributed by atoms with Crippen LogP contribution in [0.2, 0.25) is 0 Å². The number of benzene rings is 2. The van der Waals surface area contributed by atoms with Crippen LogP contribution in [0.3, 0.4) is 0 Å². The average Bonchev–Trinajstić information content (AvgIpc) is 3.29. The summed E-state index contributed by atoms with van der Waals surface area (Å²) < 4.78 is 5.16. The summed E-state index contributed by atoms with van der Waals surface area (Å²) >= 11 is 0. The summed E-state index contributed by atoms with van der Waals surface area (Å²) in [5.74, 6) is 1.48. The first-order valence-corrected chi connectivity index (χ1v) is 10.8. The quantitative estimate of drug-likeness (QED) is 0.258. The molecule has 3 N–H and O–H groups in total. The van der Waals surface area contributed by atoms with Crippen LogP contribution in [0.15, 0.2) is 53.5 Å². The maximum absolute atomic E-state index is 10.4. The molecule has 31 heavy (non-hydrogen) atoms. The topological polar surface area (TPSA) is 69.1 Å². The molecule has 1 heterocycles. The van der Waals surface area contributed by atoms with Gasteiger partial charge < -0.3 is 20.5 Å². The summed E-state index contributed by atoms with van der Waals surface area (Å²) in [6, 6.07) is 16.2. The highest BCUT2D eigenvalue weighted by Gasteiger charge is 2.11.